The monoisotopic (exact) mass is 269 g/mol. The molecule has 0 bridgehead atoms. The first-order valence-electron chi connectivity index (χ1n) is 6.30. The van der Waals surface area contributed by atoms with Gasteiger partial charge in [-0.25, -0.2) is 4.57 Å². The first kappa shape index (κ1) is 12.3. The Balaban J connectivity index is 1.89. The summed E-state index contributed by atoms with van der Waals surface area (Å²) in [4.78, 5) is 10.5. The van der Waals surface area contributed by atoms with Crippen LogP contribution in [0.2, 0.25) is 0 Å². The van der Waals surface area contributed by atoms with E-state index in [0.29, 0.717) is 6.54 Å². The molecule has 0 aliphatic rings. The van der Waals surface area contributed by atoms with Gasteiger partial charge >= 0.3 is 5.97 Å². The Morgan fingerprint density at radius 1 is 1.20 bits per heavy atom. The minimum atomic E-state index is -0.803. The minimum Gasteiger partial charge on any atom is -0.481 e. The van der Waals surface area contributed by atoms with Crippen molar-refractivity contribution in [3.05, 3.63) is 48.8 Å². The number of fused-ring (bicyclic) bond motifs is 1. The molecule has 0 atom stereocenters. The van der Waals surface area contributed by atoms with Crippen molar-refractivity contribution >= 4 is 16.9 Å². The summed E-state index contributed by atoms with van der Waals surface area (Å²) >= 11 is 0. The molecule has 3 rings (SSSR count). The van der Waals surface area contributed by atoms with Gasteiger partial charge in [-0.3, -0.25) is 4.79 Å². The maximum atomic E-state index is 10.5. The molecule has 1 aromatic carbocycles. The lowest BCUT2D eigenvalue weighted by atomic mass is 10.1. The average molecular weight is 269 g/mol. The van der Waals surface area contributed by atoms with E-state index in [1.54, 1.807) is 0 Å². The van der Waals surface area contributed by atoms with Crippen LogP contribution in [0.25, 0.3) is 22.2 Å². The molecule has 2 heterocycles. The molecule has 0 radical (unpaired) electrons. The molecule has 0 saturated heterocycles. The molecule has 0 aliphatic heterocycles. The topological polar surface area (TPSA) is 67.2 Å². The summed E-state index contributed by atoms with van der Waals surface area (Å²) in [7, 11) is 0. The summed E-state index contributed by atoms with van der Waals surface area (Å²) < 4.78 is 7.22. The predicted octanol–water partition coefficient (Wildman–Crippen LogP) is 2.26. The van der Waals surface area contributed by atoms with Gasteiger partial charge in [0.1, 0.15) is 11.9 Å². The molecule has 0 saturated carbocycles. The third-order valence-corrected chi connectivity index (χ3v) is 3.12. The van der Waals surface area contributed by atoms with E-state index in [2.05, 4.69) is 5.16 Å². The van der Waals surface area contributed by atoms with Gasteiger partial charge < -0.3 is 9.63 Å². The lowest BCUT2D eigenvalue weighted by molar-refractivity contribution is -0.695. The highest BCUT2D eigenvalue weighted by Gasteiger charge is 2.12. The summed E-state index contributed by atoms with van der Waals surface area (Å²) in [6.07, 6.45) is 3.79. The third-order valence-electron chi connectivity index (χ3n) is 3.12. The average Bonchev–Trinajstić information content (AvgIpc) is 2.89. The maximum absolute atomic E-state index is 10.5. The zero-order valence-electron chi connectivity index (χ0n) is 10.7. The number of pyridine rings is 1. The van der Waals surface area contributed by atoms with Crippen molar-refractivity contribution in [2.75, 3.05) is 0 Å². The number of aromatic nitrogens is 2. The SMILES string of the molecule is O=C(O)CC[n+]1ccc(-c2onc3ccccc23)cc1. The highest BCUT2D eigenvalue weighted by molar-refractivity contribution is 5.91. The van der Waals surface area contributed by atoms with Gasteiger partial charge in [0.05, 0.1) is 0 Å². The Morgan fingerprint density at radius 3 is 2.70 bits per heavy atom. The largest absolute Gasteiger partial charge is 0.481 e. The first-order chi connectivity index (χ1) is 9.74. The van der Waals surface area contributed by atoms with Crippen molar-refractivity contribution in [3.8, 4) is 11.3 Å². The van der Waals surface area contributed by atoms with Crippen LogP contribution in [0.15, 0.2) is 53.3 Å². The van der Waals surface area contributed by atoms with Crippen molar-refractivity contribution in [1.29, 1.82) is 0 Å². The van der Waals surface area contributed by atoms with E-state index >= 15 is 0 Å². The van der Waals surface area contributed by atoms with E-state index in [1.165, 1.54) is 0 Å². The number of carbonyl (C=O) groups is 1. The first-order valence-corrected chi connectivity index (χ1v) is 6.30. The molecule has 0 fully saturated rings. The van der Waals surface area contributed by atoms with Gasteiger partial charge in [-0.1, -0.05) is 17.3 Å². The van der Waals surface area contributed by atoms with Crippen LogP contribution >= 0.6 is 0 Å². The molecule has 2 aromatic heterocycles. The summed E-state index contributed by atoms with van der Waals surface area (Å²) in [5.74, 6) is -0.0752. The predicted molar refractivity (Wildman–Crippen MR) is 71.9 cm³/mol. The van der Waals surface area contributed by atoms with Crippen molar-refractivity contribution < 1.29 is 19.0 Å². The molecule has 20 heavy (non-hydrogen) atoms. The quantitative estimate of drug-likeness (QED) is 0.738. The second-order valence-electron chi connectivity index (χ2n) is 4.50. The molecule has 5 heteroatoms. The molecule has 0 spiro atoms. The van der Waals surface area contributed by atoms with Crippen molar-refractivity contribution in [2.24, 2.45) is 0 Å². The van der Waals surface area contributed by atoms with Gasteiger partial charge in [-0.05, 0) is 12.1 Å². The van der Waals surface area contributed by atoms with Crippen LogP contribution in [0, 0.1) is 0 Å². The minimum absolute atomic E-state index is 0.106. The number of hydrogen-bond acceptors (Lipinski definition) is 3. The van der Waals surface area contributed by atoms with Gasteiger partial charge in [0, 0.05) is 23.1 Å². The smallest absolute Gasteiger partial charge is 0.309 e. The standard InChI is InChI=1S/C15H12N2O3/c18-14(19)7-10-17-8-5-11(6-9-17)15-12-3-1-2-4-13(12)16-20-15/h1-6,8-9H,7,10H2/p+1. The van der Waals surface area contributed by atoms with Crippen LogP contribution in [-0.2, 0) is 11.3 Å². The van der Waals surface area contributed by atoms with Crippen molar-refractivity contribution in [1.82, 2.24) is 5.16 Å². The lowest BCUT2D eigenvalue weighted by Gasteiger charge is -1.97. The lowest BCUT2D eigenvalue weighted by Crippen LogP contribution is -2.33. The number of benzene rings is 1. The molecule has 3 aromatic rings. The zero-order chi connectivity index (χ0) is 13.9. The molecule has 0 unspecified atom stereocenters. The van der Waals surface area contributed by atoms with E-state index < -0.39 is 5.97 Å². The van der Waals surface area contributed by atoms with Crippen molar-refractivity contribution in [3.63, 3.8) is 0 Å². The molecular weight excluding hydrogens is 256 g/mol. The Kier molecular flexibility index (Phi) is 3.16. The third kappa shape index (κ3) is 2.38. The molecule has 100 valence electrons. The number of hydrogen-bond donors (Lipinski definition) is 1. The highest BCUT2D eigenvalue weighted by Crippen LogP contribution is 2.27. The Hall–Kier alpha value is -2.69. The fourth-order valence-corrected chi connectivity index (χ4v) is 2.08. The molecule has 0 aliphatic carbocycles. The highest BCUT2D eigenvalue weighted by atomic mass is 16.5. The maximum Gasteiger partial charge on any atom is 0.309 e. The second-order valence-corrected chi connectivity index (χ2v) is 4.50. The van der Waals surface area contributed by atoms with Crippen LogP contribution in [-0.4, -0.2) is 16.2 Å². The summed E-state index contributed by atoms with van der Waals surface area (Å²) in [5, 5.41) is 13.6. The fraction of sp³-hybridized carbons (Fsp3) is 0.133. The number of carboxylic acid groups (broad SMARTS) is 1. The van der Waals surface area contributed by atoms with E-state index in [9.17, 15) is 4.79 Å². The summed E-state index contributed by atoms with van der Waals surface area (Å²) in [6.45, 7) is 0.451. The van der Waals surface area contributed by atoms with Crippen LogP contribution < -0.4 is 4.57 Å². The van der Waals surface area contributed by atoms with E-state index in [0.717, 1.165) is 22.2 Å². The van der Waals surface area contributed by atoms with Crippen LogP contribution in [0.3, 0.4) is 0 Å². The molecule has 0 amide bonds. The van der Waals surface area contributed by atoms with Gasteiger partial charge in [-0.15, -0.1) is 0 Å². The summed E-state index contributed by atoms with van der Waals surface area (Å²) in [6, 6.07) is 11.5. The van der Waals surface area contributed by atoms with Gasteiger partial charge in [0.15, 0.2) is 24.7 Å². The van der Waals surface area contributed by atoms with E-state index in [-0.39, 0.29) is 6.42 Å². The molecule has 5 nitrogen and oxygen atoms in total. The van der Waals surface area contributed by atoms with Crippen molar-refractivity contribution in [2.45, 2.75) is 13.0 Å². The van der Waals surface area contributed by atoms with Crippen LogP contribution in [0.1, 0.15) is 6.42 Å². The number of rotatable bonds is 4. The number of aryl methyl sites for hydroxylation is 1. The van der Waals surface area contributed by atoms with Gasteiger partial charge in [-0.2, -0.15) is 0 Å². The van der Waals surface area contributed by atoms with Gasteiger partial charge in [0.25, 0.3) is 0 Å². The van der Waals surface area contributed by atoms with E-state index in [4.69, 9.17) is 9.63 Å². The second kappa shape index (κ2) is 5.13. The van der Waals surface area contributed by atoms with E-state index in [1.807, 2.05) is 53.4 Å². The summed E-state index contributed by atoms with van der Waals surface area (Å²) in [5.41, 5.74) is 1.75. The zero-order valence-corrected chi connectivity index (χ0v) is 10.7. The Morgan fingerprint density at radius 2 is 1.95 bits per heavy atom. The van der Waals surface area contributed by atoms with Gasteiger partial charge in [0.2, 0.25) is 0 Å². The number of nitrogens with zero attached hydrogens (tertiary/aromatic N) is 2. The fourth-order valence-electron chi connectivity index (χ4n) is 2.08. The Bertz CT molecular complexity index is 747. The Labute approximate surface area is 115 Å². The molecule has 1 N–H and O–H groups in total. The normalized spacial score (nSPS) is 10.8. The number of aliphatic carboxylic acids is 1. The van der Waals surface area contributed by atoms with Crippen LogP contribution in [0.4, 0.5) is 0 Å². The number of carboxylic acids is 1. The molecular formula is C15H13N2O3+. The van der Waals surface area contributed by atoms with Crippen LogP contribution in [0.5, 0.6) is 0 Å².